The van der Waals surface area contributed by atoms with Crippen molar-refractivity contribution >= 4 is 0 Å². The van der Waals surface area contributed by atoms with Crippen LogP contribution in [0.4, 0.5) is 0 Å². The number of nitrogens with zero attached hydrogens (tertiary/aromatic N) is 2. The van der Waals surface area contributed by atoms with Crippen LogP contribution in [0.15, 0.2) is 42.5 Å². The highest BCUT2D eigenvalue weighted by molar-refractivity contribution is 5.36. The molecule has 0 unspecified atom stereocenters. The maximum Gasteiger partial charge on any atom is 0.121 e. The largest absolute Gasteiger partial charge is 0.508 e. The van der Waals surface area contributed by atoms with Gasteiger partial charge in [0.1, 0.15) is 11.5 Å². The van der Waals surface area contributed by atoms with Crippen LogP contribution in [0, 0.1) is 6.92 Å². The van der Waals surface area contributed by atoms with Gasteiger partial charge in [-0.3, -0.25) is 9.80 Å². The van der Waals surface area contributed by atoms with Gasteiger partial charge in [0.05, 0.1) is 7.11 Å². The van der Waals surface area contributed by atoms with Crippen LogP contribution >= 0.6 is 0 Å². The number of rotatable bonds is 7. The molecule has 5 heteroatoms. The van der Waals surface area contributed by atoms with Crippen LogP contribution in [0.5, 0.6) is 11.5 Å². The minimum Gasteiger partial charge on any atom is -0.508 e. The Morgan fingerprint density at radius 2 is 1.89 bits per heavy atom. The molecule has 0 aromatic heterocycles. The molecule has 3 rings (SSSR count). The summed E-state index contributed by atoms with van der Waals surface area (Å²) in [7, 11) is 1.70. The number of hydrogen-bond donors (Lipinski definition) is 2. The van der Waals surface area contributed by atoms with Gasteiger partial charge < -0.3 is 14.9 Å². The molecular weight excluding hydrogens is 340 g/mol. The van der Waals surface area contributed by atoms with Gasteiger partial charge in [0.15, 0.2) is 0 Å². The first-order chi connectivity index (χ1) is 13.1. The van der Waals surface area contributed by atoms with Gasteiger partial charge in [0, 0.05) is 45.4 Å². The number of phenolic OH excluding ortho intramolecular Hbond substituents is 1. The quantitative estimate of drug-likeness (QED) is 0.785. The Labute approximate surface area is 161 Å². The molecule has 1 heterocycles. The predicted octanol–water partition coefficient (Wildman–Crippen LogP) is 2.78. The van der Waals surface area contributed by atoms with Gasteiger partial charge in [-0.25, -0.2) is 0 Å². The number of aliphatic hydroxyl groups is 1. The summed E-state index contributed by atoms with van der Waals surface area (Å²) >= 11 is 0. The van der Waals surface area contributed by atoms with E-state index in [4.69, 9.17) is 4.74 Å². The van der Waals surface area contributed by atoms with Crippen molar-refractivity contribution in [2.75, 3.05) is 33.4 Å². The fourth-order valence-corrected chi connectivity index (χ4v) is 3.92. The van der Waals surface area contributed by atoms with Gasteiger partial charge in [-0.15, -0.1) is 0 Å². The summed E-state index contributed by atoms with van der Waals surface area (Å²) in [5.41, 5.74) is 3.55. The zero-order valence-electron chi connectivity index (χ0n) is 16.3. The molecule has 146 valence electrons. The van der Waals surface area contributed by atoms with E-state index in [9.17, 15) is 10.2 Å². The summed E-state index contributed by atoms with van der Waals surface area (Å²) < 4.78 is 5.36. The Morgan fingerprint density at radius 3 is 2.59 bits per heavy atom. The van der Waals surface area contributed by atoms with E-state index >= 15 is 0 Å². The molecule has 1 saturated heterocycles. The van der Waals surface area contributed by atoms with E-state index in [2.05, 4.69) is 28.9 Å². The van der Waals surface area contributed by atoms with Crippen LogP contribution in [-0.4, -0.2) is 59.4 Å². The zero-order chi connectivity index (χ0) is 19.2. The van der Waals surface area contributed by atoms with E-state index < -0.39 is 0 Å². The average Bonchev–Trinajstić information content (AvgIpc) is 2.64. The molecule has 27 heavy (non-hydrogen) atoms. The summed E-state index contributed by atoms with van der Waals surface area (Å²) in [6, 6.07) is 14.1. The van der Waals surface area contributed by atoms with Gasteiger partial charge in [-0.05, 0) is 48.2 Å². The van der Waals surface area contributed by atoms with Crippen LogP contribution in [0.2, 0.25) is 0 Å². The van der Waals surface area contributed by atoms with Gasteiger partial charge in [-0.1, -0.05) is 24.3 Å². The van der Waals surface area contributed by atoms with Gasteiger partial charge in [-0.2, -0.15) is 0 Å². The number of aryl methyl sites for hydroxylation is 1. The Hall–Kier alpha value is -2.08. The highest BCUT2D eigenvalue weighted by Gasteiger charge is 2.26. The first-order valence-corrected chi connectivity index (χ1v) is 9.57. The van der Waals surface area contributed by atoms with Crippen molar-refractivity contribution in [2.45, 2.75) is 32.5 Å². The molecule has 0 radical (unpaired) electrons. The summed E-state index contributed by atoms with van der Waals surface area (Å²) in [6.45, 7) is 6.84. The minimum atomic E-state index is 0.197. The molecule has 5 nitrogen and oxygen atoms in total. The van der Waals surface area contributed by atoms with Crippen molar-refractivity contribution in [3.05, 3.63) is 59.2 Å². The normalized spacial score (nSPS) is 18.6. The third-order valence-corrected chi connectivity index (χ3v) is 5.31. The maximum absolute atomic E-state index is 9.68. The van der Waals surface area contributed by atoms with Crippen LogP contribution in [-0.2, 0) is 13.1 Å². The lowest BCUT2D eigenvalue weighted by molar-refractivity contribution is 0.0499. The molecule has 2 aromatic carbocycles. The lowest BCUT2D eigenvalue weighted by atomic mass is 10.0. The highest BCUT2D eigenvalue weighted by Crippen LogP contribution is 2.23. The topological polar surface area (TPSA) is 56.2 Å². The van der Waals surface area contributed by atoms with E-state index in [0.29, 0.717) is 11.8 Å². The van der Waals surface area contributed by atoms with Crippen molar-refractivity contribution in [3.63, 3.8) is 0 Å². The molecule has 1 atom stereocenters. The Bertz CT molecular complexity index is 750. The summed E-state index contributed by atoms with van der Waals surface area (Å²) in [5, 5.41) is 19.2. The molecule has 0 spiro atoms. The zero-order valence-corrected chi connectivity index (χ0v) is 16.3. The predicted molar refractivity (Wildman–Crippen MR) is 107 cm³/mol. The number of hydrogen-bond acceptors (Lipinski definition) is 5. The Balaban J connectivity index is 1.64. The smallest absolute Gasteiger partial charge is 0.121 e. The van der Waals surface area contributed by atoms with Crippen molar-refractivity contribution in [3.8, 4) is 11.5 Å². The molecule has 1 fully saturated rings. The average molecular weight is 370 g/mol. The van der Waals surface area contributed by atoms with E-state index in [0.717, 1.165) is 56.0 Å². The second-order valence-corrected chi connectivity index (χ2v) is 7.35. The first kappa shape index (κ1) is 19.7. The summed E-state index contributed by atoms with van der Waals surface area (Å²) in [4.78, 5) is 4.88. The lowest BCUT2D eigenvalue weighted by Crippen LogP contribution is -2.52. The Kier molecular flexibility index (Phi) is 6.72. The molecule has 0 amide bonds. The van der Waals surface area contributed by atoms with Crippen molar-refractivity contribution < 1.29 is 14.9 Å². The van der Waals surface area contributed by atoms with Crippen LogP contribution < -0.4 is 4.74 Å². The van der Waals surface area contributed by atoms with Crippen molar-refractivity contribution in [1.82, 2.24) is 9.80 Å². The van der Waals surface area contributed by atoms with E-state index in [1.807, 2.05) is 24.3 Å². The number of piperazine rings is 1. The number of aromatic hydroxyl groups is 1. The number of phenols is 1. The molecular formula is C22H30N2O3. The van der Waals surface area contributed by atoms with Crippen LogP contribution in [0.1, 0.15) is 23.1 Å². The van der Waals surface area contributed by atoms with Gasteiger partial charge in [0.25, 0.3) is 0 Å². The monoisotopic (exact) mass is 370 g/mol. The second-order valence-electron chi connectivity index (χ2n) is 7.35. The molecule has 0 aliphatic carbocycles. The summed E-state index contributed by atoms with van der Waals surface area (Å²) in [6.07, 6.45) is 0.770. The number of aliphatic hydroxyl groups excluding tert-OH is 1. The highest BCUT2D eigenvalue weighted by atomic mass is 16.5. The summed E-state index contributed by atoms with van der Waals surface area (Å²) in [5.74, 6) is 1.23. The van der Waals surface area contributed by atoms with Crippen molar-refractivity contribution in [2.24, 2.45) is 0 Å². The number of ether oxygens (including phenoxy) is 1. The molecule has 0 bridgehead atoms. The molecule has 2 aromatic rings. The number of methoxy groups -OCH3 is 1. The standard InChI is InChI=1S/C22H30N2O3/c1-17-12-19(6-7-22(17)27-2)15-24-10-9-23(16-20(24)8-11-25)14-18-4-3-5-21(26)13-18/h3-7,12-13,20,25-26H,8-11,14-16H2,1-2H3/t20-/m1/s1. The third kappa shape index (κ3) is 5.22. The number of benzene rings is 2. The molecule has 1 aliphatic heterocycles. The molecule has 2 N–H and O–H groups in total. The third-order valence-electron chi connectivity index (χ3n) is 5.31. The molecule has 0 saturated carbocycles. The van der Waals surface area contributed by atoms with Crippen LogP contribution in [0.25, 0.3) is 0 Å². The van der Waals surface area contributed by atoms with Gasteiger partial charge in [0.2, 0.25) is 0 Å². The first-order valence-electron chi connectivity index (χ1n) is 9.57. The maximum atomic E-state index is 9.68. The minimum absolute atomic E-state index is 0.197. The fraction of sp³-hybridized carbons (Fsp3) is 0.455. The van der Waals surface area contributed by atoms with Crippen LogP contribution in [0.3, 0.4) is 0 Å². The van der Waals surface area contributed by atoms with Gasteiger partial charge >= 0.3 is 0 Å². The molecule has 1 aliphatic rings. The van der Waals surface area contributed by atoms with E-state index in [1.54, 1.807) is 13.2 Å². The Morgan fingerprint density at radius 1 is 1.07 bits per heavy atom. The van der Waals surface area contributed by atoms with Crippen molar-refractivity contribution in [1.29, 1.82) is 0 Å². The SMILES string of the molecule is COc1ccc(CN2CCN(Cc3cccc(O)c3)C[C@H]2CCO)cc1C. The van der Waals surface area contributed by atoms with E-state index in [-0.39, 0.29) is 6.61 Å². The fourth-order valence-electron chi connectivity index (χ4n) is 3.92. The lowest BCUT2D eigenvalue weighted by Gasteiger charge is -2.41. The van der Waals surface area contributed by atoms with E-state index in [1.165, 1.54) is 5.56 Å². The second kappa shape index (κ2) is 9.22.